The zero-order valence-electron chi connectivity index (χ0n) is 15.0. The molecule has 0 atom stereocenters. The average molecular weight is 346 g/mol. The Bertz CT molecular complexity index is 805. The van der Waals surface area contributed by atoms with Gasteiger partial charge < -0.3 is 10.2 Å². The first-order chi connectivity index (χ1) is 12.8. The number of phenolic OH excluding ortho intramolecular Hbond substituents is 2. The van der Waals surface area contributed by atoms with Crippen LogP contribution in [-0.2, 0) is 0 Å². The third-order valence-electron chi connectivity index (χ3n) is 4.97. The van der Waals surface area contributed by atoms with Gasteiger partial charge in [-0.15, -0.1) is 0 Å². The SMILES string of the molecule is Oc1ccccc1-c1ccccc1.Oc1ccccc1C1CCCCC1. The van der Waals surface area contributed by atoms with Crippen LogP contribution in [-0.4, -0.2) is 10.2 Å². The van der Waals surface area contributed by atoms with Gasteiger partial charge in [0, 0.05) is 5.56 Å². The zero-order chi connectivity index (χ0) is 18.2. The molecule has 1 saturated carbocycles. The van der Waals surface area contributed by atoms with E-state index in [0.717, 1.165) is 16.7 Å². The summed E-state index contributed by atoms with van der Waals surface area (Å²) in [4.78, 5) is 0. The summed E-state index contributed by atoms with van der Waals surface area (Å²) in [5.74, 6) is 1.41. The van der Waals surface area contributed by atoms with Crippen molar-refractivity contribution in [1.82, 2.24) is 0 Å². The summed E-state index contributed by atoms with van der Waals surface area (Å²) < 4.78 is 0. The number of aromatic hydroxyl groups is 2. The molecule has 1 aliphatic rings. The lowest BCUT2D eigenvalue weighted by Crippen LogP contribution is -2.04. The van der Waals surface area contributed by atoms with Crippen molar-refractivity contribution in [3.8, 4) is 22.6 Å². The van der Waals surface area contributed by atoms with E-state index >= 15 is 0 Å². The standard InChI is InChI=1S/C12H16O.C12H10O/c2*13-12-9-5-4-8-11(12)10-6-2-1-3-7-10/h4-5,8-10,13H,1-3,6-7H2;1-9,13H. The number of phenols is 2. The highest BCUT2D eigenvalue weighted by molar-refractivity contribution is 5.69. The van der Waals surface area contributed by atoms with E-state index < -0.39 is 0 Å². The van der Waals surface area contributed by atoms with Gasteiger partial charge in [0.15, 0.2) is 0 Å². The maximum atomic E-state index is 9.66. The summed E-state index contributed by atoms with van der Waals surface area (Å²) in [5, 5.41) is 19.2. The average Bonchev–Trinajstić information content (AvgIpc) is 2.71. The summed E-state index contributed by atoms with van der Waals surface area (Å²) >= 11 is 0. The van der Waals surface area contributed by atoms with Crippen LogP contribution < -0.4 is 0 Å². The van der Waals surface area contributed by atoms with Crippen LogP contribution in [0.1, 0.15) is 43.6 Å². The second kappa shape index (κ2) is 9.10. The minimum atomic E-state index is 0.328. The summed E-state index contributed by atoms with van der Waals surface area (Å²) in [6, 6.07) is 25.0. The largest absolute Gasteiger partial charge is 0.508 e. The van der Waals surface area contributed by atoms with Crippen LogP contribution >= 0.6 is 0 Å². The number of para-hydroxylation sites is 2. The van der Waals surface area contributed by atoms with Crippen LogP contribution in [0.25, 0.3) is 11.1 Å². The maximum absolute atomic E-state index is 9.66. The molecular weight excluding hydrogens is 320 g/mol. The van der Waals surface area contributed by atoms with E-state index in [9.17, 15) is 10.2 Å². The van der Waals surface area contributed by atoms with Crippen molar-refractivity contribution in [3.05, 3.63) is 84.4 Å². The highest BCUT2D eigenvalue weighted by Crippen LogP contribution is 2.36. The van der Waals surface area contributed by atoms with Crippen LogP contribution in [0.4, 0.5) is 0 Å². The number of hydrogen-bond donors (Lipinski definition) is 2. The lowest BCUT2D eigenvalue weighted by Gasteiger charge is -2.22. The highest BCUT2D eigenvalue weighted by Gasteiger charge is 2.17. The Hall–Kier alpha value is -2.74. The van der Waals surface area contributed by atoms with Gasteiger partial charge in [-0.2, -0.15) is 0 Å². The molecular formula is C24H26O2. The van der Waals surface area contributed by atoms with Crippen molar-refractivity contribution in [2.75, 3.05) is 0 Å². The Balaban J connectivity index is 0.000000151. The van der Waals surface area contributed by atoms with Crippen molar-refractivity contribution >= 4 is 0 Å². The van der Waals surface area contributed by atoms with E-state index in [2.05, 4.69) is 6.07 Å². The van der Waals surface area contributed by atoms with Gasteiger partial charge in [0.2, 0.25) is 0 Å². The van der Waals surface area contributed by atoms with E-state index in [1.807, 2.05) is 60.7 Å². The van der Waals surface area contributed by atoms with Gasteiger partial charge in [0.05, 0.1) is 0 Å². The van der Waals surface area contributed by atoms with Crippen molar-refractivity contribution in [2.45, 2.75) is 38.0 Å². The molecule has 0 amide bonds. The van der Waals surface area contributed by atoms with Crippen LogP contribution in [0.5, 0.6) is 11.5 Å². The summed E-state index contributed by atoms with van der Waals surface area (Å²) in [6.07, 6.45) is 6.50. The molecule has 1 fully saturated rings. The van der Waals surface area contributed by atoms with E-state index in [4.69, 9.17) is 0 Å². The lowest BCUT2D eigenvalue weighted by molar-refractivity contribution is 0.414. The molecule has 0 aliphatic heterocycles. The number of rotatable bonds is 2. The molecule has 0 spiro atoms. The fourth-order valence-corrected chi connectivity index (χ4v) is 3.58. The summed E-state index contributed by atoms with van der Waals surface area (Å²) in [6.45, 7) is 0. The minimum Gasteiger partial charge on any atom is -0.508 e. The molecule has 2 N–H and O–H groups in total. The van der Waals surface area contributed by atoms with Crippen LogP contribution in [0.2, 0.25) is 0 Å². The molecule has 1 aliphatic carbocycles. The van der Waals surface area contributed by atoms with Gasteiger partial charge in [-0.3, -0.25) is 0 Å². The van der Waals surface area contributed by atoms with Crippen molar-refractivity contribution < 1.29 is 10.2 Å². The first-order valence-corrected chi connectivity index (χ1v) is 9.37. The predicted molar refractivity (Wildman–Crippen MR) is 107 cm³/mol. The Kier molecular flexibility index (Phi) is 6.32. The Morgan fingerprint density at radius 3 is 1.81 bits per heavy atom. The molecule has 0 bridgehead atoms. The normalized spacial score (nSPS) is 14.3. The Labute approximate surface area is 155 Å². The van der Waals surface area contributed by atoms with E-state index in [1.54, 1.807) is 12.1 Å². The van der Waals surface area contributed by atoms with Crippen molar-refractivity contribution in [1.29, 1.82) is 0 Å². The molecule has 4 rings (SSSR count). The molecule has 3 aromatic rings. The summed E-state index contributed by atoms with van der Waals surface area (Å²) in [7, 11) is 0. The zero-order valence-corrected chi connectivity index (χ0v) is 15.0. The summed E-state index contributed by atoms with van der Waals surface area (Å²) in [5.41, 5.74) is 3.07. The predicted octanol–water partition coefficient (Wildman–Crippen LogP) is 6.50. The molecule has 0 heterocycles. The fraction of sp³-hybridized carbons (Fsp3) is 0.250. The second-order valence-corrected chi connectivity index (χ2v) is 6.78. The van der Waals surface area contributed by atoms with Gasteiger partial charge in [0.1, 0.15) is 11.5 Å². The number of benzene rings is 3. The smallest absolute Gasteiger partial charge is 0.123 e. The van der Waals surface area contributed by atoms with Crippen LogP contribution in [0.15, 0.2) is 78.9 Å². The highest BCUT2D eigenvalue weighted by atomic mass is 16.3. The molecule has 0 radical (unpaired) electrons. The van der Waals surface area contributed by atoms with Gasteiger partial charge in [-0.25, -0.2) is 0 Å². The first-order valence-electron chi connectivity index (χ1n) is 9.37. The maximum Gasteiger partial charge on any atom is 0.123 e. The number of hydrogen-bond acceptors (Lipinski definition) is 2. The molecule has 3 aromatic carbocycles. The Morgan fingerprint density at radius 2 is 1.15 bits per heavy atom. The second-order valence-electron chi connectivity index (χ2n) is 6.78. The van der Waals surface area contributed by atoms with Crippen molar-refractivity contribution in [2.24, 2.45) is 0 Å². The van der Waals surface area contributed by atoms with E-state index in [-0.39, 0.29) is 0 Å². The van der Waals surface area contributed by atoms with Crippen LogP contribution in [0.3, 0.4) is 0 Å². The quantitative estimate of drug-likeness (QED) is 0.556. The Morgan fingerprint density at radius 1 is 0.577 bits per heavy atom. The van der Waals surface area contributed by atoms with Gasteiger partial charge in [-0.1, -0.05) is 86.0 Å². The molecule has 0 aromatic heterocycles. The first kappa shape index (κ1) is 18.1. The molecule has 2 nitrogen and oxygen atoms in total. The topological polar surface area (TPSA) is 40.5 Å². The minimum absolute atomic E-state index is 0.328. The lowest BCUT2D eigenvalue weighted by atomic mass is 9.84. The molecule has 2 heteroatoms. The van der Waals surface area contributed by atoms with Gasteiger partial charge in [-0.05, 0) is 42.0 Å². The van der Waals surface area contributed by atoms with E-state index in [1.165, 1.54) is 32.1 Å². The fourth-order valence-electron chi connectivity index (χ4n) is 3.58. The van der Waals surface area contributed by atoms with Crippen molar-refractivity contribution in [3.63, 3.8) is 0 Å². The molecule has 0 unspecified atom stereocenters. The third kappa shape index (κ3) is 4.66. The van der Waals surface area contributed by atoms with Gasteiger partial charge >= 0.3 is 0 Å². The van der Waals surface area contributed by atoms with E-state index in [0.29, 0.717) is 17.4 Å². The monoisotopic (exact) mass is 346 g/mol. The van der Waals surface area contributed by atoms with Gasteiger partial charge in [0.25, 0.3) is 0 Å². The molecule has 26 heavy (non-hydrogen) atoms. The van der Waals surface area contributed by atoms with Crippen LogP contribution in [0, 0.1) is 0 Å². The molecule has 134 valence electrons. The molecule has 0 saturated heterocycles. The third-order valence-corrected chi connectivity index (χ3v) is 4.97.